The molecule has 1 aromatic heterocycles. The number of benzene rings is 1. The molecule has 0 saturated heterocycles. The maximum Gasteiger partial charge on any atom is 0.123 e. The number of halogens is 2. The molecule has 0 aliphatic carbocycles. The molecule has 2 nitrogen and oxygen atoms in total. The minimum atomic E-state index is -0.271. The molecule has 0 atom stereocenters. The van der Waals surface area contributed by atoms with Crippen LogP contribution in [-0.4, -0.2) is 16.9 Å². The first-order valence-electron chi connectivity index (χ1n) is 5.95. The van der Waals surface area contributed by atoms with Crippen LogP contribution in [0.3, 0.4) is 0 Å². The summed E-state index contributed by atoms with van der Waals surface area (Å²) in [5.74, 6) is -0.271. The van der Waals surface area contributed by atoms with Crippen LogP contribution in [0, 0.1) is 5.82 Å². The normalized spacial score (nSPS) is 11.0. The average molecular weight is 373 g/mol. The third-order valence-electron chi connectivity index (χ3n) is 2.82. The molecular formula is C14H14BrFN2S2. The number of nitrogens with two attached hydrogens (primary N) is 1. The Kier molecular flexibility index (Phi) is 5.26. The molecule has 0 aliphatic heterocycles. The van der Waals surface area contributed by atoms with Crippen LogP contribution < -0.4 is 5.73 Å². The van der Waals surface area contributed by atoms with Crippen molar-refractivity contribution in [3.63, 3.8) is 0 Å². The highest BCUT2D eigenvalue weighted by atomic mass is 79.9. The molecule has 6 heteroatoms. The van der Waals surface area contributed by atoms with Crippen LogP contribution in [0.5, 0.6) is 0 Å². The summed E-state index contributed by atoms with van der Waals surface area (Å²) >= 11 is 10.1. The van der Waals surface area contributed by atoms with Gasteiger partial charge in [-0.3, -0.25) is 4.90 Å². The third kappa shape index (κ3) is 4.09. The van der Waals surface area contributed by atoms with Gasteiger partial charge in [0, 0.05) is 33.4 Å². The molecule has 2 N–H and O–H groups in total. The fraction of sp³-hybridized carbons (Fsp3) is 0.214. The summed E-state index contributed by atoms with van der Waals surface area (Å²) in [6, 6.07) is 6.60. The summed E-state index contributed by atoms with van der Waals surface area (Å²) in [6.07, 6.45) is 0. The summed E-state index contributed by atoms with van der Waals surface area (Å²) < 4.78 is 14.5. The van der Waals surface area contributed by atoms with Crippen LogP contribution in [0.1, 0.15) is 16.0 Å². The molecule has 1 aromatic carbocycles. The monoisotopic (exact) mass is 372 g/mol. The van der Waals surface area contributed by atoms with E-state index in [4.69, 9.17) is 18.0 Å². The quantitative estimate of drug-likeness (QED) is 0.806. The van der Waals surface area contributed by atoms with Gasteiger partial charge in [0.1, 0.15) is 10.8 Å². The van der Waals surface area contributed by atoms with Gasteiger partial charge in [0.25, 0.3) is 0 Å². The maximum atomic E-state index is 13.4. The van der Waals surface area contributed by atoms with Crippen LogP contribution >= 0.6 is 39.5 Å². The standard InChI is InChI=1S/C14H14BrFN2S2/c1-18(7-12-5-10(15)8-20-12)6-9-4-11(16)2-3-13(9)14(17)19/h2-5,8H,6-7H2,1H3,(H2,17,19). The molecule has 1 heterocycles. The van der Waals surface area contributed by atoms with E-state index in [9.17, 15) is 4.39 Å². The zero-order valence-electron chi connectivity index (χ0n) is 10.9. The molecule has 0 spiro atoms. The van der Waals surface area contributed by atoms with Crippen LogP contribution in [0.4, 0.5) is 4.39 Å². The molecule has 0 amide bonds. The van der Waals surface area contributed by atoms with Crippen molar-refractivity contribution < 1.29 is 4.39 Å². The number of hydrogen-bond acceptors (Lipinski definition) is 3. The Labute approximate surface area is 135 Å². The van der Waals surface area contributed by atoms with Crippen molar-refractivity contribution in [1.29, 1.82) is 0 Å². The lowest BCUT2D eigenvalue weighted by atomic mass is 10.1. The van der Waals surface area contributed by atoms with Crippen molar-refractivity contribution in [2.75, 3.05) is 7.05 Å². The number of thiophene rings is 1. The topological polar surface area (TPSA) is 29.3 Å². The number of hydrogen-bond donors (Lipinski definition) is 1. The van der Waals surface area contributed by atoms with Crippen molar-refractivity contribution in [1.82, 2.24) is 4.90 Å². The fourth-order valence-electron chi connectivity index (χ4n) is 1.98. The lowest BCUT2D eigenvalue weighted by molar-refractivity contribution is 0.321. The molecule has 2 rings (SSSR count). The average Bonchev–Trinajstić information content (AvgIpc) is 2.74. The van der Waals surface area contributed by atoms with Crippen molar-refractivity contribution in [2.45, 2.75) is 13.1 Å². The Bertz CT molecular complexity index is 627. The number of rotatable bonds is 5. The van der Waals surface area contributed by atoms with Crippen LogP contribution in [0.15, 0.2) is 34.1 Å². The van der Waals surface area contributed by atoms with E-state index in [0.29, 0.717) is 11.5 Å². The SMILES string of the molecule is CN(Cc1cc(Br)cs1)Cc1cc(F)ccc1C(N)=S. The van der Waals surface area contributed by atoms with Crippen LogP contribution in [0.2, 0.25) is 0 Å². The van der Waals surface area contributed by atoms with Gasteiger partial charge in [-0.25, -0.2) is 4.39 Å². The highest BCUT2D eigenvalue weighted by Crippen LogP contribution is 2.22. The van der Waals surface area contributed by atoms with E-state index in [1.807, 2.05) is 12.4 Å². The number of nitrogens with zero attached hydrogens (tertiary/aromatic N) is 1. The van der Waals surface area contributed by atoms with Gasteiger partial charge in [-0.1, -0.05) is 12.2 Å². The Balaban J connectivity index is 2.12. The minimum Gasteiger partial charge on any atom is -0.389 e. The molecule has 20 heavy (non-hydrogen) atoms. The Morgan fingerprint density at radius 2 is 2.15 bits per heavy atom. The summed E-state index contributed by atoms with van der Waals surface area (Å²) in [5, 5.41) is 2.05. The predicted octanol–water partition coefficient (Wildman–Crippen LogP) is 3.92. The second-order valence-electron chi connectivity index (χ2n) is 4.57. The van der Waals surface area contributed by atoms with Crippen LogP contribution in [-0.2, 0) is 13.1 Å². The molecule has 0 saturated carbocycles. The first-order chi connectivity index (χ1) is 9.45. The van der Waals surface area contributed by atoms with Gasteiger partial charge < -0.3 is 5.73 Å². The van der Waals surface area contributed by atoms with E-state index >= 15 is 0 Å². The highest BCUT2D eigenvalue weighted by Gasteiger charge is 2.10. The van der Waals surface area contributed by atoms with E-state index in [2.05, 4.69) is 26.9 Å². The zero-order valence-corrected chi connectivity index (χ0v) is 14.1. The van der Waals surface area contributed by atoms with Gasteiger partial charge in [0.2, 0.25) is 0 Å². The molecular weight excluding hydrogens is 359 g/mol. The Morgan fingerprint density at radius 1 is 1.40 bits per heavy atom. The van der Waals surface area contributed by atoms with E-state index in [-0.39, 0.29) is 5.82 Å². The third-order valence-corrected chi connectivity index (χ3v) is 4.72. The van der Waals surface area contributed by atoms with Crippen molar-refractivity contribution >= 4 is 44.5 Å². The predicted molar refractivity (Wildman–Crippen MR) is 89.5 cm³/mol. The summed E-state index contributed by atoms with van der Waals surface area (Å²) in [6.45, 7) is 1.39. The Hall–Kier alpha value is -0.820. The molecule has 2 aromatic rings. The van der Waals surface area contributed by atoms with Crippen molar-refractivity contribution in [3.05, 3.63) is 55.9 Å². The van der Waals surface area contributed by atoms with E-state index in [0.717, 1.165) is 22.1 Å². The highest BCUT2D eigenvalue weighted by molar-refractivity contribution is 9.10. The molecule has 0 unspecified atom stereocenters. The smallest absolute Gasteiger partial charge is 0.123 e. The van der Waals surface area contributed by atoms with Gasteiger partial charge in [-0.2, -0.15) is 0 Å². The summed E-state index contributed by atoms with van der Waals surface area (Å²) in [7, 11) is 1.99. The molecule has 0 radical (unpaired) electrons. The van der Waals surface area contributed by atoms with Gasteiger partial charge >= 0.3 is 0 Å². The maximum absolute atomic E-state index is 13.4. The van der Waals surface area contributed by atoms with Gasteiger partial charge in [-0.15, -0.1) is 11.3 Å². The molecule has 106 valence electrons. The van der Waals surface area contributed by atoms with Gasteiger partial charge in [0.15, 0.2) is 0 Å². The van der Waals surface area contributed by atoms with Crippen molar-refractivity contribution in [2.24, 2.45) is 5.73 Å². The molecule has 0 fully saturated rings. The van der Waals surface area contributed by atoms with Crippen molar-refractivity contribution in [3.8, 4) is 0 Å². The molecule has 0 bridgehead atoms. The zero-order chi connectivity index (χ0) is 14.7. The van der Waals surface area contributed by atoms with E-state index in [1.54, 1.807) is 17.4 Å². The van der Waals surface area contributed by atoms with Gasteiger partial charge in [-0.05, 0) is 52.8 Å². The largest absolute Gasteiger partial charge is 0.389 e. The molecule has 0 aliphatic rings. The first-order valence-corrected chi connectivity index (χ1v) is 8.03. The second kappa shape index (κ2) is 6.76. The second-order valence-corrected chi connectivity index (χ2v) is 6.92. The first kappa shape index (κ1) is 15.6. The van der Waals surface area contributed by atoms with Crippen LogP contribution in [0.25, 0.3) is 0 Å². The Morgan fingerprint density at radius 3 is 2.75 bits per heavy atom. The minimum absolute atomic E-state index is 0.271. The lowest BCUT2D eigenvalue weighted by Crippen LogP contribution is -2.20. The number of thiocarbonyl (C=S) groups is 1. The van der Waals surface area contributed by atoms with E-state index < -0.39 is 0 Å². The van der Waals surface area contributed by atoms with Gasteiger partial charge in [0.05, 0.1) is 0 Å². The lowest BCUT2D eigenvalue weighted by Gasteiger charge is -2.18. The summed E-state index contributed by atoms with van der Waals surface area (Å²) in [5.41, 5.74) is 7.23. The van der Waals surface area contributed by atoms with E-state index in [1.165, 1.54) is 17.0 Å². The summed E-state index contributed by atoms with van der Waals surface area (Å²) in [4.78, 5) is 3.65. The fourth-order valence-corrected chi connectivity index (χ4v) is 3.71.